The summed E-state index contributed by atoms with van der Waals surface area (Å²) in [5.74, 6) is 0.967. The Morgan fingerprint density at radius 2 is 1.60 bits per heavy atom. The third kappa shape index (κ3) is 2.15. The molecule has 0 spiro atoms. The third-order valence-corrected chi connectivity index (χ3v) is 3.11. The van der Waals surface area contributed by atoms with E-state index in [1.807, 2.05) is 59.5 Å². The molecular weight excluding hydrogens is 250 g/mol. The maximum atomic E-state index is 5.90. The third-order valence-electron chi connectivity index (χ3n) is 3.11. The van der Waals surface area contributed by atoms with E-state index < -0.39 is 0 Å². The maximum absolute atomic E-state index is 5.90. The van der Waals surface area contributed by atoms with E-state index in [9.17, 15) is 0 Å². The highest BCUT2D eigenvalue weighted by Gasteiger charge is 2.14. The van der Waals surface area contributed by atoms with Crippen molar-refractivity contribution in [2.24, 2.45) is 5.73 Å². The molecule has 1 aromatic heterocycles. The molecule has 0 fully saturated rings. The van der Waals surface area contributed by atoms with Gasteiger partial charge in [0.15, 0.2) is 0 Å². The van der Waals surface area contributed by atoms with E-state index in [-0.39, 0.29) is 5.95 Å². The maximum Gasteiger partial charge on any atom is 0.222 e. The number of hydrogen-bond donors (Lipinski definition) is 2. The molecule has 20 heavy (non-hydrogen) atoms. The fourth-order valence-electron chi connectivity index (χ4n) is 2.21. The molecule has 0 radical (unpaired) electrons. The number of nitrogens with two attached hydrogens (primary N) is 2. The quantitative estimate of drug-likeness (QED) is 0.710. The summed E-state index contributed by atoms with van der Waals surface area (Å²) in [6.07, 6.45) is 0. The molecule has 2 aromatic carbocycles. The van der Waals surface area contributed by atoms with Gasteiger partial charge in [0.2, 0.25) is 5.95 Å². The van der Waals surface area contributed by atoms with Gasteiger partial charge in [-0.2, -0.15) is 4.98 Å². The molecule has 0 atom stereocenters. The number of fused-ring (bicyclic) bond motifs is 1. The first-order valence-corrected chi connectivity index (χ1v) is 6.34. The second-order valence-corrected chi connectivity index (χ2v) is 4.37. The molecule has 0 aliphatic rings. The average molecular weight is 265 g/mol. The molecule has 0 amide bonds. The smallest absolute Gasteiger partial charge is 0.222 e. The van der Waals surface area contributed by atoms with Crippen LogP contribution in [-0.4, -0.2) is 16.6 Å². The fourth-order valence-corrected chi connectivity index (χ4v) is 2.21. The summed E-state index contributed by atoms with van der Waals surface area (Å²) in [6.45, 7) is 0.310. The Labute approximate surface area is 116 Å². The number of anilines is 3. The molecule has 3 aromatic rings. The van der Waals surface area contributed by atoms with Crippen molar-refractivity contribution in [3.05, 3.63) is 54.6 Å². The van der Waals surface area contributed by atoms with Crippen LogP contribution in [0.25, 0.3) is 10.9 Å². The van der Waals surface area contributed by atoms with Crippen molar-refractivity contribution >= 4 is 28.4 Å². The van der Waals surface area contributed by atoms with Crippen molar-refractivity contribution in [1.82, 2.24) is 9.97 Å². The van der Waals surface area contributed by atoms with E-state index in [2.05, 4.69) is 9.97 Å². The Balaban J connectivity index is 2.22. The van der Waals surface area contributed by atoms with E-state index in [0.717, 1.165) is 22.4 Å². The van der Waals surface area contributed by atoms with Gasteiger partial charge in [-0.25, -0.2) is 4.98 Å². The molecule has 0 aliphatic carbocycles. The average Bonchev–Trinajstić information content (AvgIpc) is 2.49. The van der Waals surface area contributed by atoms with Gasteiger partial charge < -0.3 is 16.4 Å². The summed E-state index contributed by atoms with van der Waals surface area (Å²) in [6, 6.07) is 17.6. The van der Waals surface area contributed by atoms with Crippen molar-refractivity contribution in [2.45, 2.75) is 0 Å². The van der Waals surface area contributed by atoms with Gasteiger partial charge in [0.05, 0.1) is 12.2 Å². The molecule has 4 N–H and O–H groups in total. The number of hydrogen-bond acceptors (Lipinski definition) is 5. The van der Waals surface area contributed by atoms with Crippen LogP contribution in [0.5, 0.6) is 0 Å². The Bertz CT molecular complexity index is 727. The van der Waals surface area contributed by atoms with E-state index in [1.165, 1.54) is 0 Å². The van der Waals surface area contributed by atoms with Gasteiger partial charge in [0, 0.05) is 11.1 Å². The molecule has 0 saturated heterocycles. The molecule has 0 bridgehead atoms. The predicted molar refractivity (Wildman–Crippen MR) is 81.6 cm³/mol. The van der Waals surface area contributed by atoms with Crippen molar-refractivity contribution in [2.75, 3.05) is 17.3 Å². The molecule has 0 unspecified atom stereocenters. The first kappa shape index (κ1) is 12.4. The molecule has 3 rings (SSSR count). The summed E-state index contributed by atoms with van der Waals surface area (Å²) in [7, 11) is 0. The van der Waals surface area contributed by atoms with Crippen LogP contribution in [0.15, 0.2) is 54.6 Å². The van der Waals surface area contributed by atoms with Gasteiger partial charge in [-0.15, -0.1) is 0 Å². The minimum absolute atomic E-state index is 0.244. The van der Waals surface area contributed by atoms with Gasteiger partial charge in [-0.3, -0.25) is 0 Å². The van der Waals surface area contributed by atoms with Crippen LogP contribution < -0.4 is 16.4 Å². The first-order chi connectivity index (χ1) is 9.79. The number of rotatable bonds is 3. The topological polar surface area (TPSA) is 81.1 Å². The van der Waals surface area contributed by atoms with Crippen LogP contribution in [0.2, 0.25) is 0 Å². The SMILES string of the molecule is NCN(c1ccccc1)c1nc(N)nc2ccccc12. The molecular formula is C15H15N5. The van der Waals surface area contributed by atoms with Crippen LogP contribution in [0.3, 0.4) is 0 Å². The van der Waals surface area contributed by atoms with Crippen LogP contribution in [0.4, 0.5) is 17.5 Å². The van der Waals surface area contributed by atoms with Crippen molar-refractivity contribution in [3.8, 4) is 0 Å². The Morgan fingerprint density at radius 3 is 2.35 bits per heavy atom. The minimum Gasteiger partial charge on any atom is -0.368 e. The number of benzene rings is 2. The van der Waals surface area contributed by atoms with Gasteiger partial charge in [0.25, 0.3) is 0 Å². The summed E-state index contributed by atoms with van der Waals surface area (Å²) in [5.41, 5.74) is 13.5. The second-order valence-electron chi connectivity index (χ2n) is 4.37. The number of nitrogen functional groups attached to an aromatic ring is 1. The molecule has 0 saturated carbocycles. The highest BCUT2D eigenvalue weighted by molar-refractivity contribution is 5.92. The molecule has 5 nitrogen and oxygen atoms in total. The zero-order chi connectivity index (χ0) is 13.9. The zero-order valence-electron chi connectivity index (χ0n) is 10.9. The second kappa shape index (κ2) is 5.14. The van der Waals surface area contributed by atoms with E-state index >= 15 is 0 Å². The van der Waals surface area contributed by atoms with Gasteiger partial charge >= 0.3 is 0 Å². The van der Waals surface area contributed by atoms with Crippen molar-refractivity contribution < 1.29 is 0 Å². The molecule has 100 valence electrons. The Morgan fingerprint density at radius 1 is 0.900 bits per heavy atom. The van der Waals surface area contributed by atoms with E-state index in [4.69, 9.17) is 11.5 Å². The first-order valence-electron chi connectivity index (χ1n) is 6.34. The minimum atomic E-state index is 0.244. The lowest BCUT2D eigenvalue weighted by molar-refractivity contribution is 0.959. The summed E-state index contributed by atoms with van der Waals surface area (Å²) >= 11 is 0. The summed E-state index contributed by atoms with van der Waals surface area (Å²) in [5, 5.41) is 0.927. The van der Waals surface area contributed by atoms with Crippen LogP contribution in [0.1, 0.15) is 0 Å². The molecule has 1 heterocycles. The molecule has 0 aliphatic heterocycles. The monoisotopic (exact) mass is 265 g/mol. The highest BCUT2D eigenvalue weighted by atomic mass is 15.2. The lowest BCUT2D eigenvalue weighted by Gasteiger charge is -2.23. The van der Waals surface area contributed by atoms with Crippen molar-refractivity contribution in [3.63, 3.8) is 0 Å². The number of nitrogens with zero attached hydrogens (tertiary/aromatic N) is 3. The normalized spacial score (nSPS) is 10.7. The largest absolute Gasteiger partial charge is 0.368 e. The van der Waals surface area contributed by atoms with Crippen LogP contribution >= 0.6 is 0 Å². The highest BCUT2D eigenvalue weighted by Crippen LogP contribution is 2.29. The van der Waals surface area contributed by atoms with Crippen LogP contribution in [-0.2, 0) is 0 Å². The summed E-state index contributed by atoms with van der Waals surface area (Å²) in [4.78, 5) is 10.5. The van der Waals surface area contributed by atoms with Gasteiger partial charge in [-0.05, 0) is 24.3 Å². The number of aromatic nitrogens is 2. The Kier molecular flexibility index (Phi) is 3.18. The lowest BCUT2D eigenvalue weighted by atomic mass is 10.2. The van der Waals surface area contributed by atoms with Crippen molar-refractivity contribution in [1.29, 1.82) is 0 Å². The number of para-hydroxylation sites is 2. The predicted octanol–water partition coefficient (Wildman–Crippen LogP) is 2.27. The summed E-state index contributed by atoms with van der Waals surface area (Å²) < 4.78 is 0. The van der Waals surface area contributed by atoms with Gasteiger partial charge in [-0.1, -0.05) is 30.3 Å². The van der Waals surface area contributed by atoms with Gasteiger partial charge in [0.1, 0.15) is 5.82 Å². The molecule has 5 heteroatoms. The standard InChI is InChI=1S/C15H15N5/c16-10-20(11-6-2-1-3-7-11)14-12-8-4-5-9-13(12)18-15(17)19-14/h1-9H,10,16H2,(H2,17,18,19). The van der Waals surface area contributed by atoms with E-state index in [1.54, 1.807) is 0 Å². The lowest BCUT2D eigenvalue weighted by Crippen LogP contribution is -2.26. The zero-order valence-corrected chi connectivity index (χ0v) is 10.9. The Hall–Kier alpha value is -2.66. The van der Waals surface area contributed by atoms with Crippen LogP contribution in [0, 0.1) is 0 Å². The fraction of sp³-hybridized carbons (Fsp3) is 0.0667. The van der Waals surface area contributed by atoms with E-state index in [0.29, 0.717) is 6.67 Å².